The summed E-state index contributed by atoms with van der Waals surface area (Å²) in [5, 5.41) is 8.82. The van der Waals surface area contributed by atoms with Gasteiger partial charge in [-0.05, 0) is 54.6 Å². The van der Waals surface area contributed by atoms with Crippen LogP contribution in [-0.4, -0.2) is 159 Å². The number of carbonyl (C=O) groups is 3. The summed E-state index contributed by atoms with van der Waals surface area (Å²) in [6, 6.07) is 17.9. The van der Waals surface area contributed by atoms with E-state index >= 15 is 0 Å². The van der Waals surface area contributed by atoms with E-state index in [1.54, 1.807) is 90.6 Å². The van der Waals surface area contributed by atoms with Crippen molar-refractivity contribution >= 4 is 115 Å². The molecule has 111 heavy (non-hydrogen) atoms. The van der Waals surface area contributed by atoms with Gasteiger partial charge in [0.2, 0.25) is 0 Å². The average Bonchev–Trinajstić information content (AvgIpc) is 1.69. The number of halogens is 12. The molecule has 3 aromatic carbocycles. The van der Waals surface area contributed by atoms with Gasteiger partial charge in [0.15, 0.2) is 29.5 Å². The van der Waals surface area contributed by atoms with Crippen LogP contribution >= 0.6 is 0 Å². The zero-order chi connectivity index (χ0) is 80.1. The first-order valence-electron chi connectivity index (χ1n) is 33.6. The molecule has 24 nitrogen and oxygen atoms in total. The predicted octanol–water partition coefficient (Wildman–Crippen LogP) is 12.9. The summed E-state index contributed by atoms with van der Waals surface area (Å²) in [5.41, 5.74) is 3.81. The minimum absolute atomic E-state index is 0.0764. The topological polar surface area (TPSA) is 319 Å². The molecule has 1 unspecified atom stereocenters. The molecule has 582 valence electrons. The third-order valence-corrected chi connectivity index (χ3v) is 22.0. The number of pyridine rings is 3. The minimum atomic E-state index is -3.77. The van der Waals surface area contributed by atoms with E-state index in [-0.39, 0.29) is 119 Å². The second-order valence-corrected chi connectivity index (χ2v) is 33.6. The maximum atomic E-state index is 13.4. The van der Waals surface area contributed by atoms with E-state index in [1.165, 1.54) is 54.6 Å². The van der Waals surface area contributed by atoms with Crippen LogP contribution in [-0.2, 0) is 104 Å². The molecule has 3 saturated carbocycles. The van der Waals surface area contributed by atoms with Gasteiger partial charge < -0.3 is 29.7 Å². The number of Topliss-reactive ketones (excluding diaryl/α,β-unsaturated/α-hetero) is 3. The maximum absolute atomic E-state index is 13.4. The lowest BCUT2D eigenvalue weighted by molar-refractivity contribution is -0.122. The molecule has 0 spiro atoms. The van der Waals surface area contributed by atoms with E-state index in [0.717, 1.165) is 18.8 Å². The number of fused-ring (bicyclic) bond motifs is 3. The van der Waals surface area contributed by atoms with Gasteiger partial charge in [0.1, 0.15) is 34.4 Å². The number of aromatic nitrogens is 9. The Kier molecular flexibility index (Phi) is 20.5. The Labute approximate surface area is 624 Å². The first-order chi connectivity index (χ1) is 51.9. The van der Waals surface area contributed by atoms with Gasteiger partial charge in [-0.15, -0.1) is 0 Å². The number of imidazole rings is 3. The lowest BCUT2D eigenvalue weighted by atomic mass is 10.1. The molecule has 9 heterocycles. The van der Waals surface area contributed by atoms with Gasteiger partial charge in [-0.1, -0.05) is 18.2 Å². The highest BCUT2D eigenvalue weighted by molar-refractivity contribution is 7.91. The van der Waals surface area contributed by atoms with Crippen LogP contribution in [0.1, 0.15) is 53.4 Å². The molecular formula is C72H63F12N15O9S3. The molecule has 0 radical (unpaired) electrons. The third kappa shape index (κ3) is 17.4. The fraction of sp³-hybridized carbons (Fsp3) is 0.333. The average molecular weight is 1610 g/mol. The Balaban J connectivity index is 0.000000146. The lowest BCUT2D eigenvalue weighted by Gasteiger charge is -2.15. The number of aryl methyl sites for hydroxylation is 3. The highest BCUT2D eigenvalue weighted by Gasteiger charge is 2.62. The number of benzene rings is 3. The van der Waals surface area contributed by atoms with Gasteiger partial charge >= 0.3 is 0 Å². The summed E-state index contributed by atoms with van der Waals surface area (Å²) in [4.78, 5) is 74.0. The molecular weight excluding hydrogens is 1540 g/mol. The molecule has 0 saturated heterocycles. The van der Waals surface area contributed by atoms with E-state index < -0.39 is 157 Å². The predicted molar refractivity (Wildman–Crippen MR) is 384 cm³/mol. The Bertz CT molecular complexity index is 5250. The van der Waals surface area contributed by atoms with Gasteiger partial charge in [0, 0.05) is 133 Å². The van der Waals surface area contributed by atoms with Crippen LogP contribution in [0.3, 0.4) is 0 Å². The van der Waals surface area contributed by atoms with Crippen molar-refractivity contribution in [3.63, 3.8) is 0 Å². The molecule has 0 bridgehead atoms. The second-order valence-electron chi connectivity index (χ2n) is 27.7. The number of hydrogen-bond donors (Lipinski definition) is 3. The summed E-state index contributed by atoms with van der Waals surface area (Å²) in [6.07, 6.45) is 0.765. The fourth-order valence-corrected chi connectivity index (χ4v) is 15.3. The molecule has 15 rings (SSSR count). The molecule has 0 amide bonds. The number of carbonyl (C=O) groups excluding carboxylic acids is 3. The van der Waals surface area contributed by atoms with Crippen LogP contribution in [0.4, 0.5) is 104 Å². The van der Waals surface area contributed by atoms with E-state index in [2.05, 4.69) is 60.8 Å². The molecule has 6 aliphatic rings. The maximum Gasteiger partial charge on any atom is 0.277 e. The number of rotatable bonds is 24. The smallest absolute Gasteiger partial charge is 0.277 e. The van der Waals surface area contributed by atoms with Crippen LogP contribution < -0.4 is 16.0 Å². The molecule has 39 heteroatoms. The number of sulfone groups is 3. The SMILES string of the molecule is Cn1cnc(-c2ccc(Nc3cc(CC(=O)C4CC4(F)F)nc4c3N=C(C(F)F)C4)c(S(C)(=O)=O)c2)c1.Cn1cnc(-c2ccc(Nc3cc(CC(=O)[C@@H]4CC4(F)F)nc4c3N=C(C(F)F)C4)c(S(C)(=O)=O)c2)c1.Cn1cnc(-c2ccc(Nc3cc(CC(=O)[C@H]4CC4(F)F)nc4c3N=C(C(F)F)C4)c(S(C)(=O)=O)c2)c1. The zero-order valence-corrected chi connectivity index (χ0v) is 61.5. The van der Waals surface area contributed by atoms with Crippen LogP contribution in [0.5, 0.6) is 0 Å². The van der Waals surface area contributed by atoms with Gasteiger partial charge in [-0.2, -0.15) is 0 Å². The van der Waals surface area contributed by atoms with Crippen molar-refractivity contribution in [2.75, 3.05) is 34.7 Å². The number of aliphatic imine (C=N–C) groups is 3. The summed E-state index contributed by atoms with van der Waals surface area (Å²) >= 11 is 0. The summed E-state index contributed by atoms with van der Waals surface area (Å²) < 4.78 is 242. The Morgan fingerprint density at radius 2 is 0.658 bits per heavy atom. The van der Waals surface area contributed by atoms with Gasteiger partial charge in [-0.25, -0.2) is 108 Å². The van der Waals surface area contributed by atoms with Gasteiger partial charge in [0.25, 0.3) is 37.0 Å². The first-order valence-corrected chi connectivity index (χ1v) is 39.3. The Hall–Kier alpha value is -10.8. The second kappa shape index (κ2) is 29.1. The molecule has 3 aliphatic carbocycles. The van der Waals surface area contributed by atoms with Crippen molar-refractivity contribution in [1.82, 2.24) is 43.6 Å². The molecule has 3 atom stereocenters. The molecule has 6 aromatic heterocycles. The van der Waals surface area contributed by atoms with Crippen molar-refractivity contribution in [3.05, 3.63) is 145 Å². The Morgan fingerprint density at radius 3 is 0.856 bits per heavy atom. The lowest BCUT2D eigenvalue weighted by Crippen LogP contribution is -2.13. The highest BCUT2D eigenvalue weighted by Crippen LogP contribution is 2.52. The number of alkyl halides is 12. The zero-order valence-electron chi connectivity index (χ0n) is 59.0. The number of ketones is 3. The number of nitrogens with one attached hydrogen (secondary N) is 3. The van der Waals surface area contributed by atoms with E-state index in [9.17, 15) is 92.3 Å². The molecule has 3 fully saturated rings. The minimum Gasteiger partial charge on any atom is -0.353 e. The molecule has 9 aromatic rings. The summed E-state index contributed by atoms with van der Waals surface area (Å²) in [5.74, 6) is -15.4. The Morgan fingerprint density at radius 1 is 0.414 bits per heavy atom. The quantitative estimate of drug-likeness (QED) is 0.0473. The van der Waals surface area contributed by atoms with Crippen molar-refractivity contribution in [1.29, 1.82) is 0 Å². The molecule has 3 aliphatic heterocycles. The molecule has 3 N–H and O–H groups in total. The van der Waals surface area contributed by atoms with Crippen LogP contribution in [0, 0.1) is 17.8 Å². The fourth-order valence-electron chi connectivity index (χ4n) is 12.7. The number of nitrogens with zero attached hydrogens (tertiary/aromatic N) is 12. The third-order valence-electron chi connectivity index (χ3n) is 18.6. The van der Waals surface area contributed by atoms with Gasteiger partial charge in [0.05, 0.1) is 154 Å². The summed E-state index contributed by atoms with van der Waals surface area (Å²) in [7, 11) is -5.98. The van der Waals surface area contributed by atoms with Crippen LogP contribution in [0.25, 0.3) is 33.8 Å². The largest absolute Gasteiger partial charge is 0.353 e. The highest BCUT2D eigenvalue weighted by atomic mass is 32.2. The van der Waals surface area contributed by atoms with Crippen molar-refractivity contribution in [2.24, 2.45) is 53.9 Å². The summed E-state index contributed by atoms with van der Waals surface area (Å²) in [6.45, 7) is 0. The van der Waals surface area contributed by atoms with Crippen molar-refractivity contribution in [3.8, 4) is 33.8 Å². The number of anilines is 6. The van der Waals surface area contributed by atoms with E-state index in [1.807, 2.05) is 0 Å². The van der Waals surface area contributed by atoms with Crippen LogP contribution in [0.2, 0.25) is 0 Å². The number of hydrogen-bond acceptors (Lipinski definition) is 21. The van der Waals surface area contributed by atoms with Gasteiger partial charge in [-0.3, -0.25) is 29.3 Å². The van der Waals surface area contributed by atoms with Crippen molar-refractivity contribution in [2.45, 2.75) is 110 Å². The normalized spacial score (nSPS) is 18.0. The van der Waals surface area contributed by atoms with E-state index in [4.69, 9.17) is 0 Å². The van der Waals surface area contributed by atoms with Crippen LogP contribution in [0.15, 0.2) is 140 Å². The standard InChI is InChI=1S/3C24H21F4N5O3S/c3*1-33-10-19(29-11-33)12-3-4-15(21(5-12)37(2,35)36)31-16-6-13(7-20(34)14-9-24(14,27)28)30-17-8-18(23(25)26)32-22(16)17/h3*3-6,10-11,14,23H,7-9H2,1-2H3,(H,30,31)/t2*14-;/m10./s1. The first kappa shape index (κ1) is 78.3. The van der Waals surface area contributed by atoms with E-state index in [0.29, 0.717) is 33.8 Å². The monoisotopic (exact) mass is 1610 g/mol. The van der Waals surface area contributed by atoms with Crippen molar-refractivity contribution < 1.29 is 92.3 Å².